The van der Waals surface area contributed by atoms with Gasteiger partial charge in [0.15, 0.2) is 11.5 Å². The van der Waals surface area contributed by atoms with E-state index in [1.807, 2.05) is 30.3 Å². The minimum Gasteiger partial charge on any atom is -0.507 e. The van der Waals surface area contributed by atoms with Crippen molar-refractivity contribution in [1.82, 2.24) is 0 Å². The van der Waals surface area contributed by atoms with Crippen LogP contribution in [0.1, 0.15) is 31.0 Å². The lowest BCUT2D eigenvalue weighted by atomic mass is 9.94. The Balaban J connectivity index is 1.65. The summed E-state index contributed by atoms with van der Waals surface area (Å²) in [5, 5.41) is 11.5. The van der Waals surface area contributed by atoms with Crippen LogP contribution >= 0.6 is 0 Å². The van der Waals surface area contributed by atoms with Crippen molar-refractivity contribution < 1.29 is 28.9 Å². The summed E-state index contributed by atoms with van der Waals surface area (Å²) in [4.78, 5) is 30.6. The summed E-state index contributed by atoms with van der Waals surface area (Å²) < 4.78 is 16.7. The number of aliphatic hydroxyl groups is 1. The van der Waals surface area contributed by atoms with Crippen LogP contribution in [0.5, 0.6) is 17.2 Å². The highest BCUT2D eigenvalue weighted by atomic mass is 16.6. The van der Waals surface area contributed by atoms with E-state index in [0.29, 0.717) is 47.3 Å². The van der Waals surface area contributed by atoms with Crippen LogP contribution in [0.3, 0.4) is 0 Å². The van der Waals surface area contributed by atoms with Gasteiger partial charge in [0.1, 0.15) is 24.7 Å². The molecule has 2 heterocycles. The van der Waals surface area contributed by atoms with Crippen molar-refractivity contribution in [1.29, 1.82) is 0 Å². The predicted molar refractivity (Wildman–Crippen MR) is 145 cm³/mol. The first-order chi connectivity index (χ1) is 18.5. The molecule has 1 fully saturated rings. The summed E-state index contributed by atoms with van der Waals surface area (Å²) in [5.74, 6) is -0.157. The maximum Gasteiger partial charge on any atom is 0.300 e. The molecule has 1 amide bonds. The van der Waals surface area contributed by atoms with E-state index in [2.05, 4.69) is 18.7 Å². The molecule has 38 heavy (non-hydrogen) atoms. The fraction of sp³-hybridized carbons (Fsp3) is 0.267. The van der Waals surface area contributed by atoms with E-state index in [4.69, 9.17) is 14.2 Å². The van der Waals surface area contributed by atoms with Crippen LogP contribution in [-0.4, -0.2) is 50.2 Å². The number of hydrogen-bond acceptors (Lipinski definition) is 7. The lowest BCUT2D eigenvalue weighted by Gasteiger charge is -2.27. The molecule has 0 bridgehead atoms. The molecule has 0 radical (unpaired) electrons. The number of carbonyl (C=O) groups excluding carboxylic acids is 2. The monoisotopic (exact) mass is 514 g/mol. The molecule has 1 saturated heterocycles. The first kappa shape index (κ1) is 25.2. The first-order valence-corrected chi connectivity index (χ1v) is 12.7. The van der Waals surface area contributed by atoms with Crippen molar-refractivity contribution in [2.45, 2.75) is 19.9 Å². The van der Waals surface area contributed by atoms with Crippen LogP contribution in [-0.2, 0) is 9.59 Å². The summed E-state index contributed by atoms with van der Waals surface area (Å²) in [6, 6.07) is 18.8. The maximum atomic E-state index is 13.5. The SMILES string of the molecule is CCN(CC)c1ccc(N2C(=O)C(=O)/C(=C(\O)c3ccc4c(c3)OCCO4)C2c2cccc(OC)c2)cc1. The third kappa shape index (κ3) is 4.42. The molecule has 3 aromatic rings. The molecule has 0 saturated carbocycles. The molecular formula is C30H30N2O6. The minimum absolute atomic E-state index is 0.00671. The van der Waals surface area contributed by atoms with Gasteiger partial charge < -0.3 is 24.2 Å². The molecular weight excluding hydrogens is 484 g/mol. The molecule has 1 unspecified atom stereocenters. The molecule has 2 aliphatic rings. The minimum atomic E-state index is -0.863. The zero-order chi connectivity index (χ0) is 26.8. The molecule has 0 spiro atoms. The zero-order valence-electron chi connectivity index (χ0n) is 21.6. The molecule has 0 aliphatic carbocycles. The van der Waals surface area contributed by atoms with Crippen LogP contribution in [0, 0.1) is 0 Å². The van der Waals surface area contributed by atoms with Crippen molar-refractivity contribution >= 4 is 28.8 Å². The van der Waals surface area contributed by atoms with Gasteiger partial charge >= 0.3 is 0 Å². The molecule has 1 N–H and O–H groups in total. The normalized spacial score (nSPS) is 18.0. The van der Waals surface area contributed by atoms with E-state index in [1.165, 1.54) is 4.90 Å². The van der Waals surface area contributed by atoms with E-state index >= 15 is 0 Å². The predicted octanol–water partition coefficient (Wildman–Crippen LogP) is 4.94. The van der Waals surface area contributed by atoms with Crippen molar-refractivity contribution in [3.63, 3.8) is 0 Å². The summed E-state index contributed by atoms with van der Waals surface area (Å²) >= 11 is 0. The number of ketones is 1. The van der Waals surface area contributed by atoms with Gasteiger partial charge in [-0.05, 0) is 74.0 Å². The number of fused-ring (bicyclic) bond motifs is 1. The Morgan fingerprint density at radius 1 is 0.974 bits per heavy atom. The Bertz CT molecular complexity index is 1390. The largest absolute Gasteiger partial charge is 0.507 e. The fourth-order valence-electron chi connectivity index (χ4n) is 4.98. The van der Waals surface area contributed by atoms with Gasteiger partial charge in [0.25, 0.3) is 11.7 Å². The van der Waals surface area contributed by atoms with E-state index in [9.17, 15) is 14.7 Å². The number of carbonyl (C=O) groups is 2. The average molecular weight is 515 g/mol. The molecule has 0 aromatic heterocycles. The lowest BCUT2D eigenvalue weighted by molar-refractivity contribution is -0.132. The van der Waals surface area contributed by atoms with Gasteiger partial charge in [-0.2, -0.15) is 0 Å². The van der Waals surface area contributed by atoms with E-state index in [-0.39, 0.29) is 11.3 Å². The molecule has 1 atom stereocenters. The Morgan fingerprint density at radius 2 is 1.68 bits per heavy atom. The number of benzene rings is 3. The highest BCUT2D eigenvalue weighted by Crippen LogP contribution is 2.44. The zero-order valence-corrected chi connectivity index (χ0v) is 21.6. The van der Waals surface area contributed by atoms with Gasteiger partial charge in [-0.25, -0.2) is 0 Å². The number of hydrogen-bond donors (Lipinski definition) is 1. The second-order valence-corrected chi connectivity index (χ2v) is 8.99. The van der Waals surface area contributed by atoms with Crippen molar-refractivity contribution in [3.8, 4) is 17.2 Å². The van der Waals surface area contributed by atoms with Gasteiger partial charge in [-0.3, -0.25) is 14.5 Å². The van der Waals surface area contributed by atoms with Crippen LogP contribution in [0.2, 0.25) is 0 Å². The molecule has 3 aromatic carbocycles. The van der Waals surface area contributed by atoms with Gasteiger partial charge in [0.05, 0.1) is 18.7 Å². The van der Waals surface area contributed by atoms with E-state index < -0.39 is 17.7 Å². The van der Waals surface area contributed by atoms with Gasteiger partial charge in [0.2, 0.25) is 0 Å². The number of amides is 1. The average Bonchev–Trinajstić information content (AvgIpc) is 3.23. The molecule has 2 aliphatic heterocycles. The van der Waals surface area contributed by atoms with Crippen molar-refractivity contribution in [3.05, 3.63) is 83.4 Å². The van der Waals surface area contributed by atoms with Gasteiger partial charge in [0, 0.05) is 30.0 Å². The van der Waals surface area contributed by atoms with E-state index in [1.54, 1.807) is 43.5 Å². The van der Waals surface area contributed by atoms with Crippen LogP contribution in [0.15, 0.2) is 72.3 Å². The first-order valence-electron chi connectivity index (χ1n) is 12.7. The van der Waals surface area contributed by atoms with E-state index in [0.717, 1.165) is 18.8 Å². The van der Waals surface area contributed by atoms with Crippen molar-refractivity contribution in [2.24, 2.45) is 0 Å². The quantitative estimate of drug-likeness (QED) is 0.271. The number of ether oxygens (including phenoxy) is 3. The number of anilines is 2. The fourth-order valence-corrected chi connectivity index (χ4v) is 4.98. The molecule has 5 rings (SSSR count). The summed E-state index contributed by atoms with van der Waals surface area (Å²) in [6.07, 6.45) is 0. The Morgan fingerprint density at radius 3 is 2.37 bits per heavy atom. The molecule has 8 nitrogen and oxygen atoms in total. The van der Waals surface area contributed by atoms with Crippen LogP contribution < -0.4 is 24.0 Å². The van der Waals surface area contributed by atoms with Gasteiger partial charge in [-0.1, -0.05) is 12.1 Å². The standard InChI is InChI=1S/C30H30N2O6/c1-4-31(5-2)21-10-12-22(13-11-21)32-27(19-7-6-8-23(17-19)36-3)26(29(34)30(32)35)28(33)20-9-14-24-25(18-20)38-16-15-37-24/h6-14,17-18,27,33H,4-5,15-16H2,1-3H3/b28-26-. The third-order valence-corrected chi connectivity index (χ3v) is 6.93. The smallest absolute Gasteiger partial charge is 0.300 e. The van der Waals surface area contributed by atoms with Crippen LogP contribution in [0.4, 0.5) is 11.4 Å². The summed E-state index contributed by atoms with van der Waals surface area (Å²) in [7, 11) is 1.55. The summed E-state index contributed by atoms with van der Waals surface area (Å²) in [5.41, 5.74) is 2.56. The number of aliphatic hydroxyl groups excluding tert-OH is 1. The maximum absolute atomic E-state index is 13.5. The second kappa shape index (κ2) is 10.5. The molecule has 8 heteroatoms. The highest BCUT2D eigenvalue weighted by molar-refractivity contribution is 6.51. The number of methoxy groups -OCH3 is 1. The van der Waals surface area contributed by atoms with Crippen LogP contribution in [0.25, 0.3) is 5.76 Å². The Hall–Kier alpha value is -4.46. The second-order valence-electron chi connectivity index (χ2n) is 8.99. The Kier molecular flexibility index (Phi) is 6.96. The van der Waals surface area contributed by atoms with Crippen molar-refractivity contribution in [2.75, 3.05) is 43.2 Å². The number of rotatable bonds is 7. The Labute approximate surface area is 221 Å². The lowest BCUT2D eigenvalue weighted by Crippen LogP contribution is -2.29. The van der Waals surface area contributed by atoms with Gasteiger partial charge in [-0.15, -0.1) is 0 Å². The highest BCUT2D eigenvalue weighted by Gasteiger charge is 2.47. The topological polar surface area (TPSA) is 88.5 Å². The number of Topliss-reactive ketones (excluding diaryl/α,β-unsaturated/α-hetero) is 1. The third-order valence-electron chi connectivity index (χ3n) is 6.93. The molecule has 196 valence electrons. The number of nitrogens with zero attached hydrogens (tertiary/aromatic N) is 2. The summed E-state index contributed by atoms with van der Waals surface area (Å²) in [6.45, 7) is 6.67.